The fourth-order valence-corrected chi connectivity index (χ4v) is 7.54. The number of Topliss-reactive ketones (excluding diaryl/α,β-unsaturated/α-hetero) is 1. The van der Waals surface area contributed by atoms with Crippen LogP contribution in [0.3, 0.4) is 0 Å². The molecule has 7 rings (SSSR count). The van der Waals surface area contributed by atoms with E-state index in [1.54, 1.807) is 12.2 Å². The molecule has 3 unspecified atom stereocenters. The molecule has 0 aromatic heterocycles. The van der Waals surface area contributed by atoms with E-state index in [2.05, 4.69) is 11.0 Å². The second-order valence-corrected chi connectivity index (χ2v) is 9.77. The van der Waals surface area contributed by atoms with Crippen molar-refractivity contribution < 1.29 is 24.2 Å². The minimum atomic E-state index is -0.889. The van der Waals surface area contributed by atoms with E-state index in [1.165, 1.54) is 6.08 Å². The first-order valence-electron chi connectivity index (χ1n) is 10.4. The van der Waals surface area contributed by atoms with Crippen LogP contribution < -0.4 is 0 Å². The van der Waals surface area contributed by atoms with Crippen molar-refractivity contribution >= 4 is 11.8 Å². The molecule has 0 radical (unpaired) electrons. The highest BCUT2D eigenvalue weighted by Crippen LogP contribution is 2.83. The summed E-state index contributed by atoms with van der Waals surface area (Å²) in [7, 11) is 2.03. The molecule has 6 fully saturated rings. The molecule has 2 bridgehead atoms. The Labute approximate surface area is 169 Å². The van der Waals surface area contributed by atoms with Crippen LogP contribution in [0, 0.1) is 17.3 Å². The van der Waals surface area contributed by atoms with Crippen LogP contribution in [0.25, 0.3) is 0 Å². The average molecular weight is 395 g/mol. The predicted octanol–water partition coefficient (Wildman–Crippen LogP) is 2.02. The van der Waals surface area contributed by atoms with Crippen molar-refractivity contribution in [1.29, 1.82) is 0 Å². The highest BCUT2D eigenvalue weighted by Gasteiger charge is 2.95. The lowest BCUT2D eigenvalue weighted by atomic mass is 9.26. The smallest absolute Gasteiger partial charge is 0.336 e. The van der Waals surface area contributed by atoms with Gasteiger partial charge in [-0.2, -0.15) is 0 Å². The molecule has 7 atom stereocenters. The van der Waals surface area contributed by atoms with Crippen LogP contribution in [-0.4, -0.2) is 52.1 Å². The largest absolute Gasteiger partial charge is 0.482 e. The van der Waals surface area contributed by atoms with Gasteiger partial charge in [-0.25, -0.2) is 4.79 Å². The van der Waals surface area contributed by atoms with E-state index in [0.29, 0.717) is 17.9 Å². The first-order chi connectivity index (χ1) is 13.8. The average Bonchev–Trinajstić information content (AvgIpc) is 3.04. The van der Waals surface area contributed by atoms with E-state index in [0.717, 1.165) is 18.4 Å². The molecule has 2 heterocycles. The van der Waals surface area contributed by atoms with Gasteiger partial charge in [0, 0.05) is 24.5 Å². The molecule has 152 valence electrons. The van der Waals surface area contributed by atoms with Gasteiger partial charge in [-0.05, 0) is 45.7 Å². The van der Waals surface area contributed by atoms with Crippen molar-refractivity contribution in [1.82, 2.24) is 4.90 Å². The second kappa shape index (κ2) is 5.10. The summed E-state index contributed by atoms with van der Waals surface area (Å²) in [6, 6.07) is 0.0526. The Bertz CT molecular complexity index is 987. The van der Waals surface area contributed by atoms with Crippen LogP contribution in [0.5, 0.6) is 0 Å². The molecule has 2 aliphatic heterocycles. The number of hydrogen-bond acceptors (Lipinski definition) is 6. The van der Waals surface area contributed by atoms with Crippen molar-refractivity contribution in [2.45, 2.75) is 56.4 Å². The number of aliphatic hydroxyl groups is 1. The zero-order chi connectivity index (χ0) is 20.3. The van der Waals surface area contributed by atoms with E-state index in [9.17, 15) is 14.7 Å². The SMILES string of the molecule is CC(C)=C/C=C/C(=O)OC1=C2O[C@H]3C(=O)CC45C[C@]36C2C(C=C1)C[C@@H](N4C)[C@]56O. The Morgan fingerprint density at radius 3 is 2.97 bits per heavy atom. The van der Waals surface area contributed by atoms with E-state index < -0.39 is 28.6 Å². The number of allylic oxidation sites excluding steroid dienone is 6. The predicted molar refractivity (Wildman–Crippen MR) is 103 cm³/mol. The Kier molecular flexibility index (Phi) is 3.11. The molecule has 6 nitrogen and oxygen atoms in total. The third kappa shape index (κ3) is 1.66. The Morgan fingerprint density at radius 1 is 1.41 bits per heavy atom. The number of ether oxygens (including phenoxy) is 2. The molecule has 29 heavy (non-hydrogen) atoms. The maximum Gasteiger partial charge on any atom is 0.336 e. The number of likely N-dealkylation sites (tertiary alicyclic amines) is 1. The van der Waals surface area contributed by atoms with E-state index in [-0.39, 0.29) is 23.7 Å². The lowest BCUT2D eigenvalue weighted by Gasteiger charge is -2.87. The van der Waals surface area contributed by atoms with Gasteiger partial charge in [0.25, 0.3) is 0 Å². The number of piperidine rings is 1. The van der Waals surface area contributed by atoms with Crippen LogP contribution in [0.15, 0.2) is 47.5 Å². The molecule has 1 N–H and O–H groups in total. The Balaban J connectivity index is 1.39. The maximum absolute atomic E-state index is 13.0. The maximum atomic E-state index is 13.0. The van der Waals surface area contributed by atoms with Gasteiger partial charge < -0.3 is 14.6 Å². The third-order valence-electron chi connectivity index (χ3n) is 8.47. The van der Waals surface area contributed by atoms with E-state index in [1.807, 2.05) is 27.0 Å². The molecule has 2 saturated heterocycles. The molecule has 5 aliphatic carbocycles. The zero-order valence-electron chi connectivity index (χ0n) is 16.8. The topological polar surface area (TPSA) is 76.1 Å². The molecule has 0 amide bonds. The van der Waals surface area contributed by atoms with Gasteiger partial charge in [0.05, 0.1) is 11.0 Å². The number of esters is 1. The van der Waals surface area contributed by atoms with Crippen LogP contribution in [0.1, 0.15) is 33.1 Å². The second-order valence-electron chi connectivity index (χ2n) is 9.77. The summed E-state index contributed by atoms with van der Waals surface area (Å²) in [5, 5.41) is 11.8. The Morgan fingerprint density at radius 2 is 2.21 bits per heavy atom. The van der Waals surface area contributed by atoms with Crippen LogP contribution >= 0.6 is 0 Å². The lowest BCUT2D eigenvalue weighted by molar-refractivity contribution is -0.424. The number of hydrogen-bond donors (Lipinski definition) is 1. The van der Waals surface area contributed by atoms with Gasteiger partial charge in [-0.15, -0.1) is 0 Å². The molecule has 0 aromatic carbocycles. The third-order valence-corrected chi connectivity index (χ3v) is 8.47. The van der Waals surface area contributed by atoms with Gasteiger partial charge in [0.15, 0.2) is 17.6 Å². The minimum absolute atomic E-state index is 0.0526. The summed E-state index contributed by atoms with van der Waals surface area (Å²) in [5.74, 6) is 0.612. The number of ketones is 1. The molecule has 7 aliphatic rings. The highest BCUT2D eigenvalue weighted by molar-refractivity contribution is 5.91. The van der Waals surface area contributed by atoms with Gasteiger partial charge in [0.2, 0.25) is 0 Å². The standard InChI is InChI=1S/C23H25NO5/c1-12(2)5-4-6-17(26)28-15-8-7-13-9-16-23(27)21(24(16)3)10-14(25)20-22(23,11-21)18(13)19(15)29-20/h4-8,13,16,18,20,27H,9-11H2,1-3H3/b6-4+/t13?,16-,18?,20+,21?,22+,23+/m1/s1. The molecule has 6 heteroatoms. The number of carbonyl (C=O) groups excluding carboxylic acids is 2. The zero-order valence-corrected chi connectivity index (χ0v) is 16.8. The minimum Gasteiger partial charge on any atom is -0.482 e. The fourth-order valence-electron chi connectivity index (χ4n) is 7.54. The highest BCUT2D eigenvalue weighted by atomic mass is 16.6. The summed E-state index contributed by atoms with van der Waals surface area (Å²) in [4.78, 5) is 27.5. The van der Waals surface area contributed by atoms with Crippen molar-refractivity contribution in [3.8, 4) is 0 Å². The normalized spacial score (nSPS) is 47.9. The molecular formula is C23H25NO5. The number of rotatable bonds is 3. The van der Waals surface area contributed by atoms with E-state index >= 15 is 0 Å². The van der Waals surface area contributed by atoms with Crippen molar-refractivity contribution in [3.05, 3.63) is 47.5 Å². The summed E-state index contributed by atoms with van der Waals surface area (Å²) in [6.07, 6.45) is 10.0. The lowest BCUT2D eigenvalue weighted by Crippen LogP contribution is -3.01. The molecular weight excluding hydrogens is 370 g/mol. The van der Waals surface area contributed by atoms with Gasteiger partial charge in [0.1, 0.15) is 11.4 Å². The molecule has 4 saturated carbocycles. The van der Waals surface area contributed by atoms with E-state index in [4.69, 9.17) is 9.47 Å². The van der Waals surface area contributed by atoms with Crippen LogP contribution in [0.4, 0.5) is 0 Å². The van der Waals surface area contributed by atoms with Gasteiger partial charge in [-0.1, -0.05) is 23.8 Å². The van der Waals surface area contributed by atoms with Gasteiger partial charge >= 0.3 is 5.97 Å². The monoisotopic (exact) mass is 395 g/mol. The van der Waals surface area contributed by atoms with Gasteiger partial charge in [-0.3, -0.25) is 9.69 Å². The fraction of sp³-hybridized carbons (Fsp3) is 0.565. The summed E-state index contributed by atoms with van der Waals surface area (Å²) in [6.45, 7) is 3.90. The molecule has 2 spiro atoms. The summed E-state index contributed by atoms with van der Waals surface area (Å²) >= 11 is 0. The number of carbonyl (C=O) groups is 2. The Hall–Kier alpha value is -2.18. The first kappa shape index (κ1) is 17.7. The molecule has 0 aromatic rings. The van der Waals surface area contributed by atoms with Crippen molar-refractivity contribution in [2.24, 2.45) is 17.3 Å². The first-order valence-corrected chi connectivity index (χ1v) is 10.4. The quantitative estimate of drug-likeness (QED) is 0.448. The van der Waals surface area contributed by atoms with Crippen LogP contribution in [-0.2, 0) is 19.1 Å². The van der Waals surface area contributed by atoms with Crippen LogP contribution in [0.2, 0.25) is 0 Å². The number of likely N-dealkylation sites (N-methyl/N-ethyl adjacent to an activating group) is 1. The number of fused-ring (bicyclic) bond motifs is 1. The summed E-state index contributed by atoms with van der Waals surface area (Å²) < 4.78 is 11.8. The van der Waals surface area contributed by atoms with Crippen molar-refractivity contribution in [3.63, 3.8) is 0 Å². The summed E-state index contributed by atoms with van der Waals surface area (Å²) in [5.41, 5.74) is -0.820. The van der Waals surface area contributed by atoms with Crippen molar-refractivity contribution in [2.75, 3.05) is 7.05 Å². The number of nitrogens with zero attached hydrogens (tertiary/aromatic N) is 1.